The molecule has 3 nitrogen and oxygen atoms in total. The molecule has 0 amide bonds. The fourth-order valence-electron chi connectivity index (χ4n) is 3.44. The standard InChI is InChI=1S/C14H27NO2S/c1-18(16,17)14-9-5-8-13(10-14)15-11-12-6-3-2-4-7-12/h12-15H,2-11H2,1H3. The van der Waals surface area contributed by atoms with Gasteiger partial charge in [-0.2, -0.15) is 0 Å². The van der Waals surface area contributed by atoms with Gasteiger partial charge in [-0.3, -0.25) is 0 Å². The van der Waals surface area contributed by atoms with Gasteiger partial charge in [0.1, 0.15) is 9.84 Å². The molecule has 106 valence electrons. The summed E-state index contributed by atoms with van der Waals surface area (Å²) in [5, 5.41) is 3.53. The van der Waals surface area contributed by atoms with Gasteiger partial charge in [0, 0.05) is 12.3 Å². The molecule has 2 rings (SSSR count). The maximum absolute atomic E-state index is 11.6. The summed E-state index contributed by atoms with van der Waals surface area (Å²) in [4.78, 5) is 0. The smallest absolute Gasteiger partial charge is 0.150 e. The molecule has 2 aliphatic carbocycles. The van der Waals surface area contributed by atoms with Crippen LogP contribution in [0, 0.1) is 5.92 Å². The fourth-order valence-corrected chi connectivity index (χ4v) is 4.62. The first-order valence-corrected chi connectivity index (χ1v) is 9.43. The molecule has 0 saturated heterocycles. The number of hydrogen-bond donors (Lipinski definition) is 1. The molecule has 4 heteroatoms. The van der Waals surface area contributed by atoms with Gasteiger partial charge < -0.3 is 5.32 Å². The van der Waals surface area contributed by atoms with Crippen LogP contribution in [-0.4, -0.2) is 32.5 Å². The Morgan fingerprint density at radius 2 is 1.72 bits per heavy atom. The van der Waals surface area contributed by atoms with Crippen LogP contribution in [0.25, 0.3) is 0 Å². The quantitative estimate of drug-likeness (QED) is 0.856. The second-order valence-electron chi connectivity index (χ2n) is 6.23. The molecule has 0 aromatic heterocycles. The van der Waals surface area contributed by atoms with Crippen molar-refractivity contribution in [3.63, 3.8) is 0 Å². The first kappa shape index (κ1) is 14.3. The van der Waals surface area contributed by atoms with Crippen LogP contribution in [0.5, 0.6) is 0 Å². The summed E-state index contributed by atoms with van der Waals surface area (Å²) in [6.07, 6.45) is 12.2. The van der Waals surface area contributed by atoms with E-state index >= 15 is 0 Å². The minimum atomic E-state index is -2.84. The molecule has 2 fully saturated rings. The van der Waals surface area contributed by atoms with E-state index in [0.717, 1.165) is 38.1 Å². The molecule has 2 saturated carbocycles. The summed E-state index contributed by atoms with van der Waals surface area (Å²) in [7, 11) is -2.84. The van der Waals surface area contributed by atoms with Crippen LogP contribution < -0.4 is 5.32 Å². The average Bonchev–Trinajstić information content (AvgIpc) is 2.37. The van der Waals surface area contributed by atoms with E-state index in [2.05, 4.69) is 5.32 Å². The zero-order valence-electron chi connectivity index (χ0n) is 11.5. The summed E-state index contributed by atoms with van der Waals surface area (Å²) < 4.78 is 23.2. The number of sulfone groups is 1. The van der Waals surface area contributed by atoms with Crippen LogP contribution in [0.15, 0.2) is 0 Å². The lowest BCUT2D eigenvalue weighted by Crippen LogP contribution is -2.41. The Morgan fingerprint density at radius 3 is 2.39 bits per heavy atom. The van der Waals surface area contributed by atoms with Crippen molar-refractivity contribution in [2.24, 2.45) is 5.92 Å². The summed E-state index contributed by atoms with van der Waals surface area (Å²) in [6, 6.07) is 0.431. The molecule has 0 aliphatic heterocycles. The summed E-state index contributed by atoms with van der Waals surface area (Å²) in [6.45, 7) is 1.10. The Hall–Kier alpha value is -0.0900. The normalized spacial score (nSPS) is 31.4. The third kappa shape index (κ3) is 4.23. The molecule has 18 heavy (non-hydrogen) atoms. The topological polar surface area (TPSA) is 46.2 Å². The van der Waals surface area contributed by atoms with E-state index in [4.69, 9.17) is 0 Å². The monoisotopic (exact) mass is 273 g/mol. The Kier molecular flexibility index (Phi) is 5.07. The third-order valence-electron chi connectivity index (χ3n) is 4.65. The minimum Gasteiger partial charge on any atom is -0.314 e. The Labute approximate surface area is 112 Å². The van der Waals surface area contributed by atoms with Gasteiger partial charge in [-0.05, 0) is 44.6 Å². The molecule has 0 bridgehead atoms. The van der Waals surface area contributed by atoms with Gasteiger partial charge in [-0.1, -0.05) is 25.7 Å². The molecular formula is C14H27NO2S. The van der Waals surface area contributed by atoms with Crippen LogP contribution in [0.4, 0.5) is 0 Å². The van der Waals surface area contributed by atoms with Gasteiger partial charge in [0.05, 0.1) is 5.25 Å². The van der Waals surface area contributed by atoms with Crippen LogP contribution >= 0.6 is 0 Å². The van der Waals surface area contributed by atoms with Crippen molar-refractivity contribution in [1.29, 1.82) is 0 Å². The van der Waals surface area contributed by atoms with Gasteiger partial charge in [-0.15, -0.1) is 0 Å². The van der Waals surface area contributed by atoms with Gasteiger partial charge in [0.15, 0.2) is 0 Å². The predicted octanol–water partition coefficient (Wildman–Crippen LogP) is 2.51. The van der Waals surface area contributed by atoms with Gasteiger partial charge in [0.25, 0.3) is 0 Å². The zero-order valence-corrected chi connectivity index (χ0v) is 12.3. The molecule has 0 aromatic rings. The lowest BCUT2D eigenvalue weighted by Gasteiger charge is -2.31. The van der Waals surface area contributed by atoms with E-state index in [1.54, 1.807) is 0 Å². The molecule has 1 N–H and O–H groups in total. The van der Waals surface area contributed by atoms with Crippen molar-refractivity contribution in [1.82, 2.24) is 5.32 Å². The van der Waals surface area contributed by atoms with Gasteiger partial charge >= 0.3 is 0 Å². The molecule has 2 atom stereocenters. The first-order chi connectivity index (χ1) is 8.55. The molecule has 2 unspecified atom stereocenters. The molecule has 0 radical (unpaired) electrons. The van der Waals surface area contributed by atoms with Crippen LogP contribution in [0.2, 0.25) is 0 Å². The van der Waals surface area contributed by atoms with Crippen LogP contribution in [0.3, 0.4) is 0 Å². The van der Waals surface area contributed by atoms with Crippen LogP contribution in [-0.2, 0) is 9.84 Å². The predicted molar refractivity (Wildman–Crippen MR) is 75.5 cm³/mol. The summed E-state index contributed by atoms with van der Waals surface area (Å²) in [5.74, 6) is 0.831. The number of hydrogen-bond acceptors (Lipinski definition) is 3. The van der Waals surface area contributed by atoms with Crippen molar-refractivity contribution in [3.05, 3.63) is 0 Å². The highest BCUT2D eigenvalue weighted by molar-refractivity contribution is 7.91. The van der Waals surface area contributed by atoms with E-state index in [9.17, 15) is 8.42 Å². The average molecular weight is 273 g/mol. The van der Waals surface area contributed by atoms with Gasteiger partial charge in [-0.25, -0.2) is 8.42 Å². The fraction of sp³-hybridized carbons (Fsp3) is 1.00. The Bertz CT molecular complexity index is 347. The second-order valence-corrected chi connectivity index (χ2v) is 8.55. The lowest BCUT2D eigenvalue weighted by molar-refractivity contribution is 0.300. The van der Waals surface area contributed by atoms with E-state index in [1.807, 2.05) is 0 Å². The summed E-state index contributed by atoms with van der Waals surface area (Å²) >= 11 is 0. The van der Waals surface area contributed by atoms with E-state index in [1.165, 1.54) is 38.4 Å². The summed E-state index contributed by atoms with van der Waals surface area (Å²) in [5.41, 5.74) is 0. The highest BCUT2D eigenvalue weighted by Gasteiger charge is 2.28. The largest absolute Gasteiger partial charge is 0.314 e. The van der Waals surface area contributed by atoms with E-state index < -0.39 is 9.84 Å². The maximum Gasteiger partial charge on any atom is 0.150 e. The highest BCUT2D eigenvalue weighted by atomic mass is 32.2. The first-order valence-electron chi connectivity index (χ1n) is 7.48. The van der Waals surface area contributed by atoms with Crippen molar-refractivity contribution in [3.8, 4) is 0 Å². The number of rotatable bonds is 4. The van der Waals surface area contributed by atoms with E-state index in [-0.39, 0.29) is 5.25 Å². The van der Waals surface area contributed by atoms with Crippen molar-refractivity contribution in [2.75, 3.05) is 12.8 Å². The van der Waals surface area contributed by atoms with Gasteiger partial charge in [0.2, 0.25) is 0 Å². The zero-order chi connectivity index (χ0) is 13.0. The highest BCUT2D eigenvalue weighted by Crippen LogP contribution is 2.26. The van der Waals surface area contributed by atoms with Crippen molar-refractivity contribution >= 4 is 9.84 Å². The maximum atomic E-state index is 11.6. The minimum absolute atomic E-state index is 0.102. The molecule has 0 spiro atoms. The Morgan fingerprint density at radius 1 is 1.00 bits per heavy atom. The molecule has 0 heterocycles. The SMILES string of the molecule is CS(=O)(=O)C1CCCC(NCC2CCCCC2)C1. The number of nitrogens with one attached hydrogen (secondary N) is 1. The van der Waals surface area contributed by atoms with E-state index in [0.29, 0.717) is 6.04 Å². The Balaban J connectivity index is 1.75. The molecule has 2 aliphatic rings. The third-order valence-corrected chi connectivity index (χ3v) is 6.29. The van der Waals surface area contributed by atoms with Crippen molar-refractivity contribution < 1.29 is 8.42 Å². The lowest BCUT2D eigenvalue weighted by atomic mass is 9.88. The molecule has 0 aromatic carbocycles. The molecular weight excluding hydrogens is 246 g/mol. The van der Waals surface area contributed by atoms with Crippen LogP contribution in [0.1, 0.15) is 57.8 Å². The second kappa shape index (κ2) is 6.38. The van der Waals surface area contributed by atoms with Crippen molar-refractivity contribution in [2.45, 2.75) is 69.1 Å².